The van der Waals surface area contributed by atoms with Crippen LogP contribution in [0.5, 0.6) is 0 Å². The molecular weight excluding hydrogens is 318 g/mol. The molecule has 1 N–H and O–H groups in total. The number of ether oxygens (including phenoxy) is 1. The number of amides is 1. The first-order valence-corrected chi connectivity index (χ1v) is 7.28. The van der Waals surface area contributed by atoms with Gasteiger partial charge in [0, 0.05) is 12.1 Å². The second-order valence-electron chi connectivity index (χ2n) is 4.94. The lowest BCUT2D eigenvalue weighted by Gasteiger charge is -2.24. The van der Waals surface area contributed by atoms with Crippen LogP contribution in [-0.4, -0.2) is 29.1 Å². The van der Waals surface area contributed by atoms with E-state index in [1.807, 2.05) is 30.3 Å². The van der Waals surface area contributed by atoms with E-state index in [2.05, 4.69) is 0 Å². The van der Waals surface area contributed by atoms with Crippen molar-refractivity contribution in [2.45, 2.75) is 12.6 Å². The van der Waals surface area contributed by atoms with Gasteiger partial charge in [0.2, 0.25) is 0 Å². The zero-order valence-corrected chi connectivity index (χ0v) is 13.2. The van der Waals surface area contributed by atoms with Crippen molar-refractivity contribution in [1.82, 2.24) is 4.90 Å². The fraction of sp³-hybridized carbons (Fsp3) is 0.176. The summed E-state index contributed by atoms with van der Waals surface area (Å²) in [6.45, 7) is 0.0803. The van der Waals surface area contributed by atoms with Crippen LogP contribution in [0.25, 0.3) is 0 Å². The van der Waals surface area contributed by atoms with E-state index in [-0.39, 0.29) is 6.61 Å². The van der Waals surface area contributed by atoms with Crippen molar-refractivity contribution in [3.05, 3.63) is 70.7 Å². The van der Waals surface area contributed by atoms with Crippen molar-refractivity contribution in [3.8, 4) is 0 Å². The Hall–Kier alpha value is -2.53. The Bertz CT molecular complexity index is 673. The van der Waals surface area contributed by atoms with Crippen LogP contribution in [0.3, 0.4) is 0 Å². The predicted molar refractivity (Wildman–Crippen MR) is 86.2 cm³/mol. The van der Waals surface area contributed by atoms with E-state index in [0.717, 1.165) is 10.5 Å². The molecular formula is C17H16ClNO4. The molecule has 23 heavy (non-hydrogen) atoms. The molecule has 5 nitrogen and oxygen atoms in total. The Labute approximate surface area is 139 Å². The second-order valence-corrected chi connectivity index (χ2v) is 5.38. The first-order chi connectivity index (χ1) is 11.0. The summed E-state index contributed by atoms with van der Waals surface area (Å²) in [5.74, 6) is -1.15. The van der Waals surface area contributed by atoms with Crippen molar-refractivity contribution in [2.24, 2.45) is 0 Å². The van der Waals surface area contributed by atoms with Crippen LogP contribution in [0.15, 0.2) is 54.6 Å². The molecule has 0 fully saturated rings. The van der Waals surface area contributed by atoms with E-state index < -0.39 is 18.1 Å². The summed E-state index contributed by atoms with van der Waals surface area (Å²) < 4.78 is 5.16. The molecule has 6 heteroatoms. The van der Waals surface area contributed by atoms with Gasteiger partial charge >= 0.3 is 12.1 Å². The number of carbonyl (C=O) groups is 2. The standard InChI is InChI=1S/C17H16ClNO4/c1-19(17(22)23-11-12-5-3-2-4-6-12)15(16(20)21)13-7-9-14(18)10-8-13/h2-10,15H,11H2,1H3,(H,20,21)/t15-/m1/s1. The average Bonchev–Trinajstić information content (AvgIpc) is 2.55. The lowest BCUT2D eigenvalue weighted by molar-refractivity contribution is -0.142. The molecule has 0 radical (unpaired) electrons. The smallest absolute Gasteiger partial charge is 0.410 e. The van der Waals surface area contributed by atoms with Crippen LogP contribution < -0.4 is 0 Å². The van der Waals surface area contributed by atoms with Crippen LogP contribution in [0.4, 0.5) is 4.79 Å². The van der Waals surface area contributed by atoms with Crippen molar-refractivity contribution < 1.29 is 19.4 Å². The molecule has 0 bridgehead atoms. The van der Waals surface area contributed by atoms with Crippen molar-refractivity contribution in [2.75, 3.05) is 7.05 Å². The molecule has 0 spiro atoms. The third-order valence-corrected chi connectivity index (χ3v) is 3.55. The Morgan fingerprint density at radius 2 is 1.74 bits per heavy atom. The van der Waals surface area contributed by atoms with Gasteiger partial charge in [-0.1, -0.05) is 54.1 Å². The number of aliphatic carboxylic acids is 1. The molecule has 2 aromatic carbocycles. The van der Waals surface area contributed by atoms with Crippen LogP contribution in [0.1, 0.15) is 17.2 Å². The monoisotopic (exact) mass is 333 g/mol. The third-order valence-electron chi connectivity index (χ3n) is 3.30. The maximum absolute atomic E-state index is 12.1. The van der Waals surface area contributed by atoms with Crippen molar-refractivity contribution in [3.63, 3.8) is 0 Å². The van der Waals surface area contributed by atoms with E-state index in [1.54, 1.807) is 24.3 Å². The molecule has 0 aromatic heterocycles. The van der Waals surface area contributed by atoms with E-state index in [0.29, 0.717) is 10.6 Å². The molecule has 0 aliphatic rings. The van der Waals surface area contributed by atoms with Gasteiger partial charge in [0.05, 0.1) is 0 Å². The quantitative estimate of drug-likeness (QED) is 0.905. The van der Waals surface area contributed by atoms with Crippen LogP contribution in [-0.2, 0) is 16.1 Å². The highest BCUT2D eigenvalue weighted by Crippen LogP contribution is 2.22. The van der Waals surface area contributed by atoms with Gasteiger partial charge in [-0.05, 0) is 23.3 Å². The highest BCUT2D eigenvalue weighted by Gasteiger charge is 2.29. The van der Waals surface area contributed by atoms with Crippen LogP contribution in [0.2, 0.25) is 5.02 Å². The average molecular weight is 334 g/mol. The number of benzene rings is 2. The van der Waals surface area contributed by atoms with Gasteiger partial charge in [0.25, 0.3) is 0 Å². The van der Waals surface area contributed by atoms with E-state index >= 15 is 0 Å². The lowest BCUT2D eigenvalue weighted by Crippen LogP contribution is -2.36. The summed E-state index contributed by atoms with van der Waals surface area (Å²) in [5, 5.41) is 9.91. The molecule has 1 amide bonds. The first-order valence-electron chi connectivity index (χ1n) is 6.91. The summed E-state index contributed by atoms with van der Waals surface area (Å²) in [6, 6.07) is 14.3. The maximum atomic E-state index is 12.1. The minimum atomic E-state index is -1.15. The van der Waals surface area contributed by atoms with Gasteiger partial charge in [-0.25, -0.2) is 9.59 Å². The lowest BCUT2D eigenvalue weighted by atomic mass is 10.1. The fourth-order valence-corrected chi connectivity index (χ4v) is 2.23. The molecule has 0 saturated heterocycles. The predicted octanol–water partition coefficient (Wildman–Crippen LogP) is 3.73. The SMILES string of the molecule is CN(C(=O)OCc1ccccc1)[C@@H](C(=O)O)c1ccc(Cl)cc1. The van der Waals surface area contributed by atoms with Gasteiger partial charge < -0.3 is 9.84 Å². The number of hydrogen-bond acceptors (Lipinski definition) is 3. The third kappa shape index (κ3) is 4.47. The van der Waals surface area contributed by atoms with E-state index in [9.17, 15) is 14.7 Å². The van der Waals surface area contributed by atoms with Gasteiger partial charge in [0.15, 0.2) is 6.04 Å². The number of carbonyl (C=O) groups excluding carboxylic acids is 1. The van der Waals surface area contributed by atoms with Gasteiger partial charge in [-0.2, -0.15) is 0 Å². The van der Waals surface area contributed by atoms with Gasteiger partial charge in [-0.15, -0.1) is 0 Å². The number of hydrogen-bond donors (Lipinski definition) is 1. The summed E-state index contributed by atoms with van der Waals surface area (Å²) in [7, 11) is 1.39. The minimum absolute atomic E-state index is 0.0803. The number of halogens is 1. The molecule has 120 valence electrons. The van der Waals surface area contributed by atoms with E-state index in [1.165, 1.54) is 7.05 Å². The molecule has 2 rings (SSSR count). The number of likely N-dealkylation sites (N-methyl/N-ethyl adjacent to an activating group) is 1. The normalized spacial score (nSPS) is 11.6. The highest BCUT2D eigenvalue weighted by molar-refractivity contribution is 6.30. The summed E-state index contributed by atoms with van der Waals surface area (Å²) in [5.41, 5.74) is 1.27. The molecule has 2 aromatic rings. The van der Waals surface area contributed by atoms with Crippen molar-refractivity contribution >= 4 is 23.7 Å². The Balaban J connectivity index is 2.08. The molecule has 0 aliphatic heterocycles. The number of rotatable bonds is 5. The summed E-state index contributed by atoms with van der Waals surface area (Å²) >= 11 is 5.80. The number of nitrogens with zero attached hydrogens (tertiary/aromatic N) is 1. The molecule has 0 aliphatic carbocycles. The summed E-state index contributed by atoms with van der Waals surface area (Å²) in [6.07, 6.45) is -0.712. The first kappa shape index (κ1) is 16.8. The highest BCUT2D eigenvalue weighted by atomic mass is 35.5. The molecule has 0 heterocycles. The molecule has 0 saturated carbocycles. The number of carboxylic acids is 1. The van der Waals surface area contributed by atoms with Gasteiger partial charge in [0.1, 0.15) is 6.61 Å². The van der Waals surface area contributed by atoms with Crippen molar-refractivity contribution in [1.29, 1.82) is 0 Å². The second kappa shape index (κ2) is 7.65. The maximum Gasteiger partial charge on any atom is 0.410 e. The zero-order valence-electron chi connectivity index (χ0n) is 12.5. The Kier molecular flexibility index (Phi) is 5.60. The number of carboxylic acid groups (broad SMARTS) is 1. The molecule has 1 atom stereocenters. The largest absolute Gasteiger partial charge is 0.479 e. The topological polar surface area (TPSA) is 66.8 Å². The van der Waals surface area contributed by atoms with Crippen LogP contribution in [0, 0.1) is 0 Å². The Morgan fingerprint density at radius 3 is 2.30 bits per heavy atom. The van der Waals surface area contributed by atoms with Crippen LogP contribution >= 0.6 is 11.6 Å². The van der Waals surface area contributed by atoms with Gasteiger partial charge in [-0.3, -0.25) is 4.90 Å². The minimum Gasteiger partial charge on any atom is -0.479 e. The zero-order chi connectivity index (χ0) is 16.8. The summed E-state index contributed by atoms with van der Waals surface area (Å²) in [4.78, 5) is 24.7. The fourth-order valence-electron chi connectivity index (χ4n) is 2.10. The van der Waals surface area contributed by atoms with E-state index in [4.69, 9.17) is 16.3 Å². The molecule has 0 unspecified atom stereocenters. The Morgan fingerprint density at radius 1 is 1.13 bits per heavy atom.